The molecule has 114 valence electrons. The summed E-state index contributed by atoms with van der Waals surface area (Å²) in [7, 11) is 1.81. The van der Waals surface area contributed by atoms with Crippen molar-refractivity contribution in [3.05, 3.63) is 51.8 Å². The highest BCUT2D eigenvalue weighted by Gasteiger charge is 2.33. The van der Waals surface area contributed by atoms with E-state index in [2.05, 4.69) is 11.2 Å². The van der Waals surface area contributed by atoms with Crippen LogP contribution >= 0.6 is 11.6 Å². The van der Waals surface area contributed by atoms with E-state index in [1.54, 1.807) is 4.68 Å². The van der Waals surface area contributed by atoms with Crippen LogP contribution in [0.4, 0.5) is 0 Å². The monoisotopic (exact) mass is 307 g/mol. The second kappa shape index (κ2) is 6.18. The molecule has 0 saturated carbocycles. The molecule has 4 nitrogen and oxygen atoms in total. The summed E-state index contributed by atoms with van der Waals surface area (Å²) in [6.45, 7) is 4.27. The van der Waals surface area contributed by atoms with Crippen LogP contribution in [0.15, 0.2) is 24.3 Å². The molecular formula is C16H22ClN3O. The fraction of sp³-hybridized carbons (Fsp3) is 0.438. The Bertz CT molecular complexity index is 632. The second-order valence-electron chi connectivity index (χ2n) is 5.67. The highest BCUT2D eigenvalue weighted by molar-refractivity contribution is 6.30. The predicted molar refractivity (Wildman–Crippen MR) is 85.7 cm³/mol. The van der Waals surface area contributed by atoms with Gasteiger partial charge in [0.25, 0.3) is 0 Å². The molecule has 1 heterocycles. The number of aliphatic hydroxyl groups excluding tert-OH is 1. The van der Waals surface area contributed by atoms with Gasteiger partial charge in [0.05, 0.1) is 12.3 Å². The third-order valence-electron chi connectivity index (χ3n) is 4.11. The van der Waals surface area contributed by atoms with Gasteiger partial charge in [-0.1, -0.05) is 41.4 Å². The van der Waals surface area contributed by atoms with Crippen molar-refractivity contribution in [2.45, 2.75) is 25.7 Å². The number of nitrogens with two attached hydrogens (primary N) is 1. The average Bonchev–Trinajstić information content (AvgIpc) is 2.70. The molecule has 0 aliphatic heterocycles. The molecule has 0 aliphatic rings. The van der Waals surface area contributed by atoms with Gasteiger partial charge < -0.3 is 10.8 Å². The Morgan fingerprint density at radius 1 is 1.38 bits per heavy atom. The highest BCUT2D eigenvalue weighted by Crippen LogP contribution is 2.32. The van der Waals surface area contributed by atoms with E-state index in [1.807, 2.05) is 39.1 Å². The van der Waals surface area contributed by atoms with Crippen LogP contribution in [-0.2, 0) is 18.9 Å². The first-order chi connectivity index (χ1) is 9.93. The van der Waals surface area contributed by atoms with Crippen molar-refractivity contribution in [1.82, 2.24) is 9.78 Å². The van der Waals surface area contributed by atoms with Gasteiger partial charge in [0.2, 0.25) is 0 Å². The molecule has 0 fully saturated rings. The van der Waals surface area contributed by atoms with Gasteiger partial charge >= 0.3 is 0 Å². The van der Waals surface area contributed by atoms with Crippen molar-refractivity contribution in [2.75, 3.05) is 13.2 Å². The fourth-order valence-electron chi connectivity index (χ4n) is 2.69. The number of halogens is 1. The SMILES string of the molecule is Cc1cccc(C(CN)(CO)Cc2c(C)nn(C)c2Cl)c1. The smallest absolute Gasteiger partial charge is 0.130 e. The molecule has 0 amide bonds. The van der Waals surface area contributed by atoms with Crippen molar-refractivity contribution in [3.63, 3.8) is 0 Å². The minimum absolute atomic E-state index is 0.0301. The summed E-state index contributed by atoms with van der Waals surface area (Å²) < 4.78 is 1.65. The Morgan fingerprint density at radius 2 is 2.10 bits per heavy atom. The first kappa shape index (κ1) is 16.0. The molecule has 21 heavy (non-hydrogen) atoms. The van der Waals surface area contributed by atoms with E-state index in [1.165, 1.54) is 0 Å². The van der Waals surface area contributed by atoms with E-state index in [4.69, 9.17) is 17.3 Å². The van der Waals surface area contributed by atoms with Crippen LogP contribution in [0.5, 0.6) is 0 Å². The van der Waals surface area contributed by atoms with Crippen molar-refractivity contribution < 1.29 is 5.11 Å². The summed E-state index contributed by atoms with van der Waals surface area (Å²) in [5.41, 5.74) is 9.49. The second-order valence-corrected chi connectivity index (χ2v) is 6.03. The molecular weight excluding hydrogens is 286 g/mol. The Kier molecular flexibility index (Phi) is 4.71. The lowest BCUT2D eigenvalue weighted by Crippen LogP contribution is -2.41. The molecule has 0 bridgehead atoms. The molecule has 0 spiro atoms. The molecule has 0 radical (unpaired) electrons. The predicted octanol–water partition coefficient (Wildman–Crippen LogP) is 2.12. The summed E-state index contributed by atoms with van der Waals surface area (Å²) in [5.74, 6) is 0. The van der Waals surface area contributed by atoms with E-state index in [0.717, 1.165) is 22.4 Å². The van der Waals surface area contributed by atoms with Crippen LogP contribution in [0.2, 0.25) is 5.15 Å². The zero-order chi connectivity index (χ0) is 15.6. The maximum Gasteiger partial charge on any atom is 0.130 e. The summed E-state index contributed by atoms with van der Waals surface area (Å²) in [4.78, 5) is 0. The van der Waals surface area contributed by atoms with Gasteiger partial charge in [-0.2, -0.15) is 5.10 Å². The largest absolute Gasteiger partial charge is 0.395 e. The number of aryl methyl sites for hydroxylation is 3. The van der Waals surface area contributed by atoms with E-state index in [9.17, 15) is 5.11 Å². The van der Waals surface area contributed by atoms with Crippen LogP contribution in [0.25, 0.3) is 0 Å². The van der Waals surface area contributed by atoms with Crippen LogP contribution < -0.4 is 5.73 Å². The third-order valence-corrected chi connectivity index (χ3v) is 4.58. The summed E-state index contributed by atoms with van der Waals surface area (Å²) in [6, 6.07) is 8.10. The summed E-state index contributed by atoms with van der Waals surface area (Å²) >= 11 is 6.33. The Labute approximate surface area is 130 Å². The number of benzene rings is 1. The summed E-state index contributed by atoms with van der Waals surface area (Å²) in [6.07, 6.45) is 0.571. The lowest BCUT2D eigenvalue weighted by atomic mass is 9.76. The summed E-state index contributed by atoms with van der Waals surface area (Å²) in [5, 5.41) is 15.0. The zero-order valence-electron chi connectivity index (χ0n) is 12.7. The molecule has 1 unspecified atom stereocenters. The van der Waals surface area contributed by atoms with Crippen LogP contribution in [0.3, 0.4) is 0 Å². The van der Waals surface area contributed by atoms with E-state index >= 15 is 0 Å². The van der Waals surface area contributed by atoms with Crippen molar-refractivity contribution in [3.8, 4) is 0 Å². The van der Waals surface area contributed by atoms with E-state index in [0.29, 0.717) is 18.1 Å². The standard InChI is InChI=1S/C16H22ClN3O/c1-11-5-4-6-13(7-11)16(9-18,10-21)8-14-12(2)19-20(3)15(14)17/h4-7,21H,8-10,18H2,1-3H3. The van der Waals surface area contributed by atoms with Gasteiger partial charge in [-0.05, 0) is 25.8 Å². The van der Waals surface area contributed by atoms with Crippen molar-refractivity contribution in [1.29, 1.82) is 0 Å². The van der Waals surface area contributed by atoms with Gasteiger partial charge in [0.1, 0.15) is 5.15 Å². The maximum absolute atomic E-state index is 10.0. The molecule has 0 aliphatic carbocycles. The van der Waals surface area contributed by atoms with E-state index in [-0.39, 0.29) is 6.61 Å². The number of aromatic nitrogens is 2. The van der Waals surface area contributed by atoms with Crippen LogP contribution in [0, 0.1) is 13.8 Å². The lowest BCUT2D eigenvalue weighted by Gasteiger charge is -2.31. The molecule has 1 aromatic heterocycles. The number of rotatable bonds is 5. The third kappa shape index (κ3) is 2.98. The topological polar surface area (TPSA) is 64.1 Å². The van der Waals surface area contributed by atoms with Crippen molar-refractivity contribution >= 4 is 11.6 Å². The maximum atomic E-state index is 10.0. The number of aliphatic hydroxyl groups is 1. The Hall–Kier alpha value is -1.36. The lowest BCUT2D eigenvalue weighted by molar-refractivity contribution is 0.196. The number of hydrogen-bond acceptors (Lipinski definition) is 3. The number of hydrogen-bond donors (Lipinski definition) is 2. The van der Waals surface area contributed by atoms with Crippen LogP contribution in [-0.4, -0.2) is 28.0 Å². The van der Waals surface area contributed by atoms with Gasteiger partial charge in [-0.25, -0.2) is 0 Å². The Balaban J connectivity index is 2.48. The average molecular weight is 308 g/mol. The van der Waals surface area contributed by atoms with Crippen molar-refractivity contribution in [2.24, 2.45) is 12.8 Å². The van der Waals surface area contributed by atoms with E-state index < -0.39 is 5.41 Å². The minimum atomic E-state index is -0.538. The highest BCUT2D eigenvalue weighted by atomic mass is 35.5. The fourth-order valence-corrected chi connectivity index (χ4v) is 2.93. The molecule has 2 aromatic rings. The van der Waals surface area contributed by atoms with Crippen LogP contribution in [0.1, 0.15) is 22.4 Å². The van der Waals surface area contributed by atoms with Gasteiger partial charge in [-0.3, -0.25) is 4.68 Å². The van der Waals surface area contributed by atoms with Gasteiger partial charge in [-0.15, -0.1) is 0 Å². The molecule has 5 heteroatoms. The van der Waals surface area contributed by atoms with Gasteiger partial charge in [0, 0.05) is 24.6 Å². The quantitative estimate of drug-likeness (QED) is 0.889. The molecule has 1 atom stereocenters. The number of nitrogens with zero attached hydrogens (tertiary/aromatic N) is 2. The first-order valence-corrected chi connectivity index (χ1v) is 7.37. The molecule has 0 saturated heterocycles. The first-order valence-electron chi connectivity index (χ1n) is 6.99. The Morgan fingerprint density at radius 3 is 2.57 bits per heavy atom. The normalized spacial score (nSPS) is 14.2. The molecule has 3 N–H and O–H groups in total. The van der Waals surface area contributed by atoms with Gasteiger partial charge in [0.15, 0.2) is 0 Å². The molecule has 1 aromatic carbocycles. The molecule has 2 rings (SSSR count). The zero-order valence-corrected chi connectivity index (χ0v) is 13.5. The minimum Gasteiger partial charge on any atom is -0.395 e.